The Balaban J connectivity index is 1.67. The fraction of sp³-hybridized carbons (Fsp3) is 0.500. The number of carbonyl (C=O) groups excluding carboxylic acids is 1. The van der Waals surface area contributed by atoms with Gasteiger partial charge in [-0.3, -0.25) is 4.79 Å². The van der Waals surface area contributed by atoms with Gasteiger partial charge in [0.2, 0.25) is 12.5 Å². The maximum absolute atomic E-state index is 13.4. The predicted molar refractivity (Wildman–Crippen MR) is 100 cm³/mol. The average Bonchev–Trinajstić information content (AvgIpc) is 3.28. The van der Waals surface area contributed by atoms with Gasteiger partial charge in [-0.25, -0.2) is 0 Å². The van der Waals surface area contributed by atoms with Crippen LogP contribution in [0.25, 0.3) is 0 Å². The maximum Gasteiger partial charge on any atom is 0.231 e. The van der Waals surface area contributed by atoms with Crippen LogP contribution in [0.4, 0.5) is 0 Å². The maximum atomic E-state index is 13.4. The monoisotopic (exact) mass is 384 g/mol. The van der Waals surface area contributed by atoms with Crippen molar-refractivity contribution in [3.63, 3.8) is 0 Å². The molecule has 2 aliphatic heterocycles. The van der Waals surface area contributed by atoms with E-state index in [0.717, 1.165) is 12.0 Å². The SMILES string of the molecule is C=CCC12CC3(CC(C)C1c1cc(OC)c4c(c1)OCO4)OCOC3=CC2=O. The summed E-state index contributed by atoms with van der Waals surface area (Å²) in [4.78, 5) is 13.4. The molecule has 2 fully saturated rings. The quantitative estimate of drug-likeness (QED) is 0.738. The average molecular weight is 384 g/mol. The minimum absolute atomic E-state index is 0.0194. The van der Waals surface area contributed by atoms with Crippen LogP contribution in [0.1, 0.15) is 37.7 Å². The van der Waals surface area contributed by atoms with E-state index in [0.29, 0.717) is 35.8 Å². The summed E-state index contributed by atoms with van der Waals surface area (Å²) in [6.45, 7) is 6.50. The lowest BCUT2D eigenvalue weighted by Crippen LogP contribution is -2.55. The highest BCUT2D eigenvalue weighted by Gasteiger charge is 2.63. The highest BCUT2D eigenvalue weighted by Crippen LogP contribution is 2.63. The van der Waals surface area contributed by atoms with Crippen molar-refractivity contribution in [2.24, 2.45) is 11.3 Å². The van der Waals surface area contributed by atoms with Crippen LogP contribution in [0.5, 0.6) is 17.2 Å². The molecule has 6 nitrogen and oxygen atoms in total. The molecular weight excluding hydrogens is 360 g/mol. The zero-order valence-electron chi connectivity index (χ0n) is 16.2. The van der Waals surface area contributed by atoms with Crippen molar-refractivity contribution in [1.82, 2.24) is 0 Å². The fourth-order valence-corrected chi connectivity index (χ4v) is 5.79. The molecule has 1 spiro atoms. The Morgan fingerprint density at radius 3 is 2.93 bits per heavy atom. The normalized spacial score (nSPS) is 35.1. The summed E-state index contributed by atoms with van der Waals surface area (Å²) in [6.07, 6.45) is 5.47. The van der Waals surface area contributed by atoms with E-state index < -0.39 is 11.0 Å². The third-order valence-electron chi connectivity index (χ3n) is 6.72. The molecule has 4 unspecified atom stereocenters. The van der Waals surface area contributed by atoms with Crippen molar-refractivity contribution < 1.29 is 28.5 Å². The smallest absolute Gasteiger partial charge is 0.231 e. The van der Waals surface area contributed by atoms with Crippen LogP contribution in [0, 0.1) is 11.3 Å². The number of hydrogen-bond acceptors (Lipinski definition) is 6. The lowest BCUT2D eigenvalue weighted by molar-refractivity contribution is -0.141. The largest absolute Gasteiger partial charge is 0.493 e. The summed E-state index contributed by atoms with van der Waals surface area (Å²) in [7, 11) is 1.62. The van der Waals surface area contributed by atoms with Crippen LogP contribution in [0.3, 0.4) is 0 Å². The molecule has 1 saturated heterocycles. The Morgan fingerprint density at radius 2 is 2.14 bits per heavy atom. The molecule has 0 N–H and O–H groups in total. The first-order valence-corrected chi connectivity index (χ1v) is 9.65. The number of carbonyl (C=O) groups is 1. The van der Waals surface area contributed by atoms with E-state index in [4.69, 9.17) is 23.7 Å². The predicted octanol–water partition coefficient (Wildman–Crippen LogP) is 3.71. The molecule has 0 radical (unpaired) electrons. The van der Waals surface area contributed by atoms with Gasteiger partial charge in [0.15, 0.2) is 24.1 Å². The number of fused-ring (bicyclic) bond motifs is 2. The van der Waals surface area contributed by atoms with E-state index in [9.17, 15) is 4.79 Å². The molecule has 4 aliphatic rings. The zero-order chi connectivity index (χ0) is 19.5. The van der Waals surface area contributed by atoms with Crippen molar-refractivity contribution in [3.8, 4) is 17.2 Å². The number of ketones is 1. The molecule has 1 aromatic carbocycles. The summed E-state index contributed by atoms with van der Waals surface area (Å²) in [5.74, 6) is 2.85. The Bertz CT molecular complexity index is 889. The first-order valence-electron chi connectivity index (χ1n) is 9.65. The Labute approximate surface area is 164 Å². The van der Waals surface area contributed by atoms with Gasteiger partial charge in [0, 0.05) is 17.4 Å². The number of ether oxygens (including phenoxy) is 5. The molecule has 0 aromatic heterocycles. The summed E-state index contributed by atoms with van der Waals surface area (Å²) in [6, 6.07) is 3.98. The van der Waals surface area contributed by atoms with E-state index in [2.05, 4.69) is 13.5 Å². The minimum Gasteiger partial charge on any atom is -0.493 e. The molecule has 148 valence electrons. The van der Waals surface area contributed by atoms with Gasteiger partial charge in [-0.2, -0.15) is 0 Å². The number of methoxy groups -OCH3 is 1. The Kier molecular flexibility index (Phi) is 3.78. The number of rotatable bonds is 4. The highest BCUT2D eigenvalue weighted by molar-refractivity contribution is 5.98. The Hall–Kier alpha value is -2.47. The second-order valence-electron chi connectivity index (χ2n) is 8.22. The van der Waals surface area contributed by atoms with Crippen LogP contribution < -0.4 is 14.2 Å². The molecular formula is C22H24O6. The van der Waals surface area contributed by atoms with Crippen molar-refractivity contribution in [3.05, 3.63) is 42.2 Å². The minimum atomic E-state index is -0.630. The lowest BCUT2D eigenvalue weighted by atomic mass is 9.50. The van der Waals surface area contributed by atoms with E-state index >= 15 is 0 Å². The topological polar surface area (TPSA) is 63.2 Å². The molecule has 4 atom stereocenters. The molecule has 6 heteroatoms. The number of hydrogen-bond donors (Lipinski definition) is 0. The fourth-order valence-electron chi connectivity index (χ4n) is 5.79. The van der Waals surface area contributed by atoms with Crippen LogP contribution in [0.15, 0.2) is 36.6 Å². The molecule has 1 aromatic rings. The summed E-state index contributed by atoms with van der Waals surface area (Å²) < 4.78 is 28.4. The van der Waals surface area contributed by atoms with Gasteiger partial charge in [-0.05, 0) is 42.9 Å². The van der Waals surface area contributed by atoms with Gasteiger partial charge >= 0.3 is 0 Å². The Morgan fingerprint density at radius 1 is 1.29 bits per heavy atom. The molecule has 5 rings (SSSR count). The van der Waals surface area contributed by atoms with E-state index in [-0.39, 0.29) is 31.2 Å². The first-order chi connectivity index (χ1) is 13.5. The third kappa shape index (κ3) is 2.21. The van der Waals surface area contributed by atoms with Crippen LogP contribution >= 0.6 is 0 Å². The number of benzene rings is 1. The lowest BCUT2D eigenvalue weighted by Gasteiger charge is -2.54. The molecule has 1 saturated carbocycles. The highest BCUT2D eigenvalue weighted by atomic mass is 16.7. The molecule has 2 heterocycles. The van der Waals surface area contributed by atoms with E-state index in [1.165, 1.54) is 0 Å². The van der Waals surface area contributed by atoms with Crippen molar-refractivity contribution in [2.75, 3.05) is 20.7 Å². The molecule has 0 amide bonds. The van der Waals surface area contributed by atoms with E-state index in [1.54, 1.807) is 13.2 Å². The van der Waals surface area contributed by atoms with Crippen molar-refractivity contribution in [2.45, 2.75) is 37.7 Å². The number of allylic oxidation sites excluding steroid dienone is 2. The molecule has 28 heavy (non-hydrogen) atoms. The van der Waals surface area contributed by atoms with Gasteiger partial charge in [0.1, 0.15) is 11.4 Å². The summed E-state index contributed by atoms with van der Waals surface area (Å²) >= 11 is 0. The van der Waals surface area contributed by atoms with Gasteiger partial charge < -0.3 is 23.7 Å². The standard InChI is InChI=1S/C22H24O6/c1-4-5-21-10-22(18(8-17(21)23)26-12-28-22)9-13(2)19(21)14-6-15(24-3)20-16(7-14)25-11-27-20/h4,6-8,13,19H,1,5,9-12H2,2-3H3. The summed E-state index contributed by atoms with van der Waals surface area (Å²) in [5, 5.41) is 0. The molecule has 2 aliphatic carbocycles. The van der Waals surface area contributed by atoms with E-state index in [1.807, 2.05) is 18.2 Å². The van der Waals surface area contributed by atoms with Gasteiger partial charge in [-0.1, -0.05) is 13.0 Å². The van der Waals surface area contributed by atoms with Gasteiger partial charge in [0.05, 0.1) is 7.11 Å². The third-order valence-corrected chi connectivity index (χ3v) is 6.72. The second kappa shape index (κ2) is 6.01. The zero-order valence-corrected chi connectivity index (χ0v) is 16.2. The van der Waals surface area contributed by atoms with Crippen LogP contribution in [-0.4, -0.2) is 32.1 Å². The van der Waals surface area contributed by atoms with Crippen molar-refractivity contribution >= 4 is 5.78 Å². The van der Waals surface area contributed by atoms with Gasteiger partial charge in [-0.15, -0.1) is 6.58 Å². The summed E-state index contributed by atoms with van der Waals surface area (Å²) in [5.41, 5.74) is -0.114. The first kappa shape index (κ1) is 17.6. The second-order valence-corrected chi connectivity index (χ2v) is 8.22. The molecule has 2 bridgehead atoms. The van der Waals surface area contributed by atoms with Crippen LogP contribution in [0.2, 0.25) is 0 Å². The van der Waals surface area contributed by atoms with Crippen LogP contribution in [-0.2, 0) is 14.3 Å². The van der Waals surface area contributed by atoms with Gasteiger partial charge in [0.25, 0.3) is 0 Å². The van der Waals surface area contributed by atoms with Crippen molar-refractivity contribution in [1.29, 1.82) is 0 Å².